The minimum Gasteiger partial charge on any atom is -0.371 e. The molecule has 0 aromatic carbocycles. The second kappa shape index (κ2) is 6.60. The molecule has 0 bridgehead atoms. The van der Waals surface area contributed by atoms with Gasteiger partial charge in [0, 0.05) is 31.2 Å². The molecule has 2 heterocycles. The van der Waals surface area contributed by atoms with Crippen molar-refractivity contribution in [2.75, 3.05) is 31.6 Å². The predicted molar refractivity (Wildman–Crippen MR) is 72.3 cm³/mol. The summed E-state index contributed by atoms with van der Waals surface area (Å²) in [5.74, 6) is 0.932. The van der Waals surface area contributed by atoms with Crippen molar-refractivity contribution >= 4 is 5.69 Å². The first-order chi connectivity index (χ1) is 8.40. The van der Waals surface area contributed by atoms with Crippen molar-refractivity contribution in [3.8, 4) is 0 Å². The Hall–Kier alpha value is -1.09. The molecule has 1 saturated heterocycles. The normalized spacial score (nSPS) is 17.4. The molecule has 0 spiro atoms. The molecule has 1 aliphatic heterocycles. The van der Waals surface area contributed by atoms with Gasteiger partial charge in [-0.15, -0.1) is 0 Å². The Morgan fingerprint density at radius 3 is 2.65 bits per heavy atom. The Morgan fingerprint density at radius 2 is 2.00 bits per heavy atom. The van der Waals surface area contributed by atoms with Crippen LogP contribution in [0.4, 0.5) is 5.69 Å². The summed E-state index contributed by atoms with van der Waals surface area (Å²) in [4.78, 5) is 6.55. The fourth-order valence-corrected chi connectivity index (χ4v) is 2.60. The molecule has 2 rings (SSSR count). The fraction of sp³-hybridized carbons (Fsp3) is 0.643. The number of pyridine rings is 1. The summed E-state index contributed by atoms with van der Waals surface area (Å²) in [6.07, 6.45) is 9.14. The number of piperidine rings is 1. The number of nitrogens with zero attached hydrogens (tertiary/aromatic N) is 2. The van der Waals surface area contributed by atoms with E-state index in [1.54, 1.807) is 0 Å². The Balaban J connectivity index is 1.74. The van der Waals surface area contributed by atoms with Crippen LogP contribution in [-0.4, -0.2) is 31.7 Å². The first-order valence-corrected chi connectivity index (χ1v) is 6.69. The summed E-state index contributed by atoms with van der Waals surface area (Å²) in [6.45, 7) is 3.56. The molecule has 0 amide bonds. The van der Waals surface area contributed by atoms with Crippen LogP contribution in [0, 0.1) is 5.92 Å². The zero-order chi connectivity index (χ0) is 11.9. The van der Waals surface area contributed by atoms with E-state index in [1.807, 2.05) is 19.4 Å². The second-order valence-corrected chi connectivity index (χ2v) is 4.88. The van der Waals surface area contributed by atoms with Crippen LogP contribution in [0.2, 0.25) is 0 Å². The first kappa shape index (κ1) is 12.4. The van der Waals surface area contributed by atoms with Gasteiger partial charge in [0.25, 0.3) is 0 Å². The second-order valence-electron chi connectivity index (χ2n) is 4.88. The van der Waals surface area contributed by atoms with E-state index in [2.05, 4.69) is 27.3 Å². The number of hydrogen-bond acceptors (Lipinski definition) is 3. The van der Waals surface area contributed by atoms with Gasteiger partial charge in [0.15, 0.2) is 0 Å². The van der Waals surface area contributed by atoms with Gasteiger partial charge in [-0.1, -0.05) is 0 Å². The highest BCUT2D eigenvalue weighted by Crippen LogP contribution is 2.25. The summed E-state index contributed by atoms with van der Waals surface area (Å²) in [6, 6.07) is 4.22. The molecule has 1 fully saturated rings. The third kappa shape index (κ3) is 3.70. The predicted octanol–water partition coefficient (Wildman–Crippen LogP) is 2.30. The van der Waals surface area contributed by atoms with Gasteiger partial charge in [-0.3, -0.25) is 4.98 Å². The van der Waals surface area contributed by atoms with Gasteiger partial charge in [-0.25, -0.2) is 0 Å². The summed E-state index contributed by atoms with van der Waals surface area (Å²) in [5, 5.41) is 3.22. The average molecular weight is 233 g/mol. The Bertz CT molecular complexity index is 305. The van der Waals surface area contributed by atoms with E-state index in [0.29, 0.717) is 0 Å². The van der Waals surface area contributed by atoms with E-state index < -0.39 is 0 Å². The van der Waals surface area contributed by atoms with Crippen LogP contribution in [0.15, 0.2) is 24.5 Å². The van der Waals surface area contributed by atoms with Crippen LogP contribution in [0.5, 0.6) is 0 Å². The highest BCUT2D eigenvalue weighted by atomic mass is 15.1. The van der Waals surface area contributed by atoms with E-state index in [0.717, 1.165) is 12.5 Å². The molecule has 1 aliphatic rings. The van der Waals surface area contributed by atoms with Crippen molar-refractivity contribution < 1.29 is 0 Å². The Kier molecular flexibility index (Phi) is 4.80. The minimum atomic E-state index is 0.932. The molecule has 0 saturated carbocycles. The lowest BCUT2D eigenvalue weighted by molar-refractivity contribution is 0.371. The summed E-state index contributed by atoms with van der Waals surface area (Å²) in [7, 11) is 2.03. The zero-order valence-electron chi connectivity index (χ0n) is 10.7. The van der Waals surface area contributed by atoms with E-state index >= 15 is 0 Å². The van der Waals surface area contributed by atoms with E-state index in [-0.39, 0.29) is 0 Å². The van der Waals surface area contributed by atoms with Crippen LogP contribution in [0.1, 0.15) is 25.7 Å². The van der Waals surface area contributed by atoms with Gasteiger partial charge in [0.2, 0.25) is 0 Å². The molecule has 0 unspecified atom stereocenters. The van der Waals surface area contributed by atoms with Gasteiger partial charge < -0.3 is 10.2 Å². The Morgan fingerprint density at radius 1 is 1.29 bits per heavy atom. The molecule has 1 aromatic heterocycles. The molecule has 17 heavy (non-hydrogen) atoms. The molecular weight excluding hydrogens is 210 g/mol. The number of hydrogen-bond donors (Lipinski definition) is 1. The highest BCUT2D eigenvalue weighted by Gasteiger charge is 2.18. The summed E-state index contributed by atoms with van der Waals surface area (Å²) >= 11 is 0. The maximum Gasteiger partial charge on any atom is 0.0397 e. The largest absolute Gasteiger partial charge is 0.371 e. The molecule has 0 aliphatic carbocycles. The van der Waals surface area contributed by atoms with Crippen molar-refractivity contribution in [2.24, 2.45) is 5.92 Å². The van der Waals surface area contributed by atoms with Gasteiger partial charge >= 0.3 is 0 Å². The summed E-state index contributed by atoms with van der Waals surface area (Å²) < 4.78 is 0. The maximum absolute atomic E-state index is 4.07. The molecule has 94 valence electrons. The van der Waals surface area contributed by atoms with Crippen molar-refractivity contribution in [3.63, 3.8) is 0 Å². The smallest absolute Gasteiger partial charge is 0.0397 e. The van der Waals surface area contributed by atoms with Crippen LogP contribution in [0.3, 0.4) is 0 Å². The zero-order valence-corrected chi connectivity index (χ0v) is 10.7. The van der Waals surface area contributed by atoms with Crippen LogP contribution in [0.25, 0.3) is 0 Å². The number of anilines is 1. The van der Waals surface area contributed by atoms with Gasteiger partial charge in [-0.05, 0) is 57.3 Å². The lowest BCUT2D eigenvalue weighted by Gasteiger charge is -2.33. The monoisotopic (exact) mass is 233 g/mol. The standard InChI is InChI=1S/C14H23N3/c1-15-8-2-3-13-6-11-17(12-7-13)14-4-9-16-10-5-14/h4-5,9-10,13,15H,2-3,6-8,11-12H2,1H3. The number of rotatable bonds is 5. The van der Waals surface area contributed by atoms with Crippen LogP contribution in [-0.2, 0) is 0 Å². The fourth-order valence-electron chi connectivity index (χ4n) is 2.60. The summed E-state index contributed by atoms with van der Waals surface area (Å²) in [5.41, 5.74) is 1.33. The van der Waals surface area contributed by atoms with Crippen molar-refractivity contribution in [3.05, 3.63) is 24.5 Å². The number of aromatic nitrogens is 1. The molecule has 1 N–H and O–H groups in total. The molecule has 3 heteroatoms. The van der Waals surface area contributed by atoms with E-state index in [9.17, 15) is 0 Å². The van der Waals surface area contributed by atoms with E-state index in [4.69, 9.17) is 0 Å². The number of nitrogens with one attached hydrogen (secondary N) is 1. The van der Waals surface area contributed by atoms with Crippen molar-refractivity contribution in [2.45, 2.75) is 25.7 Å². The van der Waals surface area contributed by atoms with Gasteiger partial charge in [0.05, 0.1) is 0 Å². The maximum atomic E-state index is 4.07. The third-order valence-electron chi connectivity index (χ3n) is 3.68. The lowest BCUT2D eigenvalue weighted by Crippen LogP contribution is -2.33. The third-order valence-corrected chi connectivity index (χ3v) is 3.68. The first-order valence-electron chi connectivity index (χ1n) is 6.69. The Labute approximate surface area is 104 Å². The average Bonchev–Trinajstić information content (AvgIpc) is 2.41. The molecule has 0 radical (unpaired) electrons. The topological polar surface area (TPSA) is 28.2 Å². The van der Waals surface area contributed by atoms with E-state index in [1.165, 1.54) is 44.5 Å². The minimum absolute atomic E-state index is 0.932. The van der Waals surface area contributed by atoms with Gasteiger partial charge in [0.1, 0.15) is 0 Å². The quantitative estimate of drug-likeness (QED) is 0.791. The van der Waals surface area contributed by atoms with Crippen LogP contribution >= 0.6 is 0 Å². The van der Waals surface area contributed by atoms with Gasteiger partial charge in [-0.2, -0.15) is 0 Å². The van der Waals surface area contributed by atoms with Crippen molar-refractivity contribution in [1.29, 1.82) is 0 Å². The molecule has 0 atom stereocenters. The molecule has 1 aromatic rings. The van der Waals surface area contributed by atoms with Crippen LogP contribution < -0.4 is 10.2 Å². The molecule has 3 nitrogen and oxygen atoms in total. The molecular formula is C14H23N3. The van der Waals surface area contributed by atoms with Crippen molar-refractivity contribution in [1.82, 2.24) is 10.3 Å². The lowest BCUT2D eigenvalue weighted by atomic mass is 9.92. The highest BCUT2D eigenvalue weighted by molar-refractivity contribution is 5.44. The SMILES string of the molecule is CNCCCC1CCN(c2ccncc2)CC1.